The Morgan fingerprint density at radius 3 is 3.00 bits per heavy atom. The van der Waals surface area contributed by atoms with E-state index in [1.54, 1.807) is 6.92 Å². The van der Waals surface area contributed by atoms with Crippen molar-refractivity contribution in [3.05, 3.63) is 46.1 Å². The molecule has 0 N–H and O–H groups in total. The monoisotopic (exact) mass is 347 g/mol. The van der Waals surface area contributed by atoms with Crippen LogP contribution < -0.4 is 0 Å². The Morgan fingerprint density at radius 2 is 2.25 bits per heavy atom. The summed E-state index contributed by atoms with van der Waals surface area (Å²) in [6, 6.07) is 5.83. The maximum atomic E-state index is 12.7. The first-order chi connectivity index (χ1) is 11.5. The Bertz CT molecular complexity index is 729. The van der Waals surface area contributed by atoms with Crippen molar-refractivity contribution in [3.8, 4) is 0 Å². The van der Waals surface area contributed by atoms with Crippen LogP contribution in [0.15, 0.2) is 22.7 Å². The predicted octanol–water partition coefficient (Wildman–Crippen LogP) is 3.36. The van der Waals surface area contributed by atoms with E-state index in [0.717, 1.165) is 49.3 Å². The fourth-order valence-electron chi connectivity index (χ4n) is 3.26. The van der Waals surface area contributed by atoms with Gasteiger partial charge in [-0.05, 0) is 36.8 Å². The van der Waals surface area contributed by atoms with Gasteiger partial charge in [0.1, 0.15) is 0 Å². The summed E-state index contributed by atoms with van der Waals surface area (Å²) in [6.07, 6.45) is 3.21. The molecule has 128 valence electrons. The lowest BCUT2D eigenvalue weighted by molar-refractivity contribution is -0.132. The highest BCUT2D eigenvalue weighted by Crippen LogP contribution is 2.24. The number of hydrogen-bond donors (Lipinski definition) is 0. The van der Waals surface area contributed by atoms with Crippen LogP contribution in [0.2, 0.25) is 5.02 Å². The molecule has 0 saturated carbocycles. The molecule has 1 amide bonds. The number of rotatable bonds is 4. The van der Waals surface area contributed by atoms with E-state index in [4.69, 9.17) is 16.1 Å². The third-order valence-corrected chi connectivity index (χ3v) is 5.07. The molecular formula is C18H22ClN3O2. The highest BCUT2D eigenvalue weighted by molar-refractivity contribution is 6.32. The van der Waals surface area contributed by atoms with E-state index in [2.05, 4.69) is 10.1 Å². The molecule has 1 aromatic carbocycles. The second-order valence-electron chi connectivity index (χ2n) is 6.51. The van der Waals surface area contributed by atoms with E-state index < -0.39 is 0 Å². The fourth-order valence-corrected chi connectivity index (χ4v) is 3.45. The Balaban J connectivity index is 1.61. The number of carbonyl (C=O) groups excluding carboxylic acids is 1. The van der Waals surface area contributed by atoms with Crippen molar-refractivity contribution in [2.45, 2.75) is 39.5 Å². The van der Waals surface area contributed by atoms with Crippen LogP contribution in [-0.4, -0.2) is 34.0 Å². The lowest BCUT2D eigenvalue weighted by Gasteiger charge is -2.32. The van der Waals surface area contributed by atoms with Gasteiger partial charge in [-0.3, -0.25) is 4.79 Å². The molecule has 1 saturated heterocycles. The van der Waals surface area contributed by atoms with E-state index in [-0.39, 0.29) is 5.91 Å². The molecule has 3 rings (SSSR count). The molecule has 0 unspecified atom stereocenters. The molecule has 0 aliphatic carbocycles. The second kappa shape index (κ2) is 7.34. The van der Waals surface area contributed by atoms with Crippen molar-refractivity contribution in [2.75, 3.05) is 13.1 Å². The molecule has 5 nitrogen and oxygen atoms in total. The molecule has 24 heavy (non-hydrogen) atoms. The van der Waals surface area contributed by atoms with Crippen molar-refractivity contribution in [1.29, 1.82) is 0 Å². The fraction of sp³-hybridized carbons (Fsp3) is 0.500. The van der Waals surface area contributed by atoms with E-state index in [0.29, 0.717) is 23.3 Å². The topological polar surface area (TPSA) is 59.2 Å². The molecule has 6 heteroatoms. The van der Waals surface area contributed by atoms with Gasteiger partial charge in [0.05, 0.1) is 6.42 Å². The van der Waals surface area contributed by atoms with Gasteiger partial charge in [-0.1, -0.05) is 35.0 Å². The maximum Gasteiger partial charge on any atom is 0.227 e. The summed E-state index contributed by atoms with van der Waals surface area (Å²) in [4.78, 5) is 18.9. The lowest BCUT2D eigenvalue weighted by atomic mass is 9.94. The molecular weight excluding hydrogens is 326 g/mol. The summed E-state index contributed by atoms with van der Waals surface area (Å²) in [6.45, 7) is 5.30. The number of hydrogen-bond acceptors (Lipinski definition) is 4. The summed E-state index contributed by atoms with van der Waals surface area (Å²) in [7, 11) is 0. The molecule has 0 spiro atoms. The number of aromatic nitrogens is 2. The van der Waals surface area contributed by atoms with Gasteiger partial charge in [-0.25, -0.2) is 0 Å². The summed E-state index contributed by atoms with van der Waals surface area (Å²) < 4.78 is 5.03. The van der Waals surface area contributed by atoms with Crippen LogP contribution in [0.25, 0.3) is 0 Å². The number of carbonyl (C=O) groups is 1. The van der Waals surface area contributed by atoms with Crippen molar-refractivity contribution in [1.82, 2.24) is 15.0 Å². The molecule has 1 aromatic heterocycles. The smallest absolute Gasteiger partial charge is 0.227 e. The summed E-state index contributed by atoms with van der Waals surface area (Å²) in [5.41, 5.74) is 1.91. The summed E-state index contributed by atoms with van der Waals surface area (Å²) in [5, 5.41) is 4.66. The van der Waals surface area contributed by atoms with E-state index >= 15 is 0 Å². The zero-order valence-electron chi connectivity index (χ0n) is 14.1. The Hall–Kier alpha value is -1.88. The molecule has 0 radical (unpaired) electrons. The molecule has 2 aromatic rings. The number of halogens is 1. The Morgan fingerprint density at radius 1 is 1.42 bits per heavy atom. The standard InChI is InChI=1S/C18H22ClN3O2/c1-12-5-3-7-15(18(12)19)10-17(23)22-8-4-6-14(11-22)9-16-20-13(2)24-21-16/h3,5,7,14H,4,6,8-11H2,1-2H3/t14-/m0/s1. The average Bonchev–Trinajstić information content (AvgIpc) is 2.97. The molecule has 0 bridgehead atoms. The third kappa shape index (κ3) is 3.96. The number of likely N-dealkylation sites (tertiary alicyclic amines) is 1. The highest BCUT2D eigenvalue weighted by atomic mass is 35.5. The van der Waals surface area contributed by atoms with Gasteiger partial charge in [0.15, 0.2) is 5.82 Å². The first kappa shape index (κ1) is 17.0. The van der Waals surface area contributed by atoms with Gasteiger partial charge in [0.2, 0.25) is 11.8 Å². The minimum absolute atomic E-state index is 0.136. The zero-order valence-corrected chi connectivity index (χ0v) is 14.8. The number of amides is 1. The normalized spacial score (nSPS) is 18.0. The van der Waals surface area contributed by atoms with Gasteiger partial charge in [0, 0.05) is 31.5 Å². The van der Waals surface area contributed by atoms with Gasteiger partial charge in [-0.15, -0.1) is 0 Å². The van der Waals surface area contributed by atoms with Crippen LogP contribution in [0.1, 0.15) is 35.7 Å². The Labute approximate surface area is 147 Å². The SMILES string of the molecule is Cc1nc(C[C@@H]2CCCN(C(=O)Cc3cccc(C)c3Cl)C2)no1. The number of piperidine rings is 1. The van der Waals surface area contributed by atoms with Crippen LogP contribution >= 0.6 is 11.6 Å². The van der Waals surface area contributed by atoms with Crippen LogP contribution in [0.4, 0.5) is 0 Å². The zero-order chi connectivity index (χ0) is 17.1. The third-order valence-electron chi connectivity index (χ3n) is 4.53. The number of aryl methyl sites for hydroxylation is 2. The molecule has 2 heterocycles. The first-order valence-electron chi connectivity index (χ1n) is 8.34. The van der Waals surface area contributed by atoms with E-state index in [1.807, 2.05) is 30.0 Å². The van der Waals surface area contributed by atoms with Gasteiger partial charge in [0.25, 0.3) is 0 Å². The average molecular weight is 348 g/mol. The van der Waals surface area contributed by atoms with Gasteiger partial charge >= 0.3 is 0 Å². The molecule has 1 aliphatic heterocycles. The number of benzene rings is 1. The van der Waals surface area contributed by atoms with Crippen molar-refractivity contribution in [2.24, 2.45) is 5.92 Å². The largest absolute Gasteiger partial charge is 0.342 e. The summed E-state index contributed by atoms with van der Waals surface area (Å²) in [5.74, 6) is 1.83. The Kier molecular flexibility index (Phi) is 5.19. The molecule has 1 aliphatic rings. The van der Waals surface area contributed by atoms with Gasteiger partial charge < -0.3 is 9.42 Å². The predicted molar refractivity (Wildman–Crippen MR) is 91.9 cm³/mol. The van der Waals surface area contributed by atoms with E-state index in [9.17, 15) is 4.79 Å². The first-order valence-corrected chi connectivity index (χ1v) is 8.71. The van der Waals surface area contributed by atoms with E-state index in [1.165, 1.54) is 0 Å². The molecule has 1 fully saturated rings. The minimum Gasteiger partial charge on any atom is -0.342 e. The number of nitrogens with zero attached hydrogens (tertiary/aromatic N) is 3. The second-order valence-corrected chi connectivity index (χ2v) is 6.88. The minimum atomic E-state index is 0.136. The quantitative estimate of drug-likeness (QED) is 0.850. The summed E-state index contributed by atoms with van der Waals surface area (Å²) >= 11 is 6.32. The van der Waals surface area contributed by atoms with Crippen LogP contribution in [0.3, 0.4) is 0 Å². The van der Waals surface area contributed by atoms with Crippen molar-refractivity contribution < 1.29 is 9.32 Å². The van der Waals surface area contributed by atoms with Gasteiger partial charge in [-0.2, -0.15) is 4.98 Å². The van der Waals surface area contributed by atoms with Crippen LogP contribution in [0, 0.1) is 19.8 Å². The molecule has 1 atom stereocenters. The van der Waals surface area contributed by atoms with Crippen LogP contribution in [0.5, 0.6) is 0 Å². The maximum absolute atomic E-state index is 12.7. The van der Waals surface area contributed by atoms with Crippen molar-refractivity contribution >= 4 is 17.5 Å². The van der Waals surface area contributed by atoms with Crippen LogP contribution in [-0.2, 0) is 17.6 Å². The highest BCUT2D eigenvalue weighted by Gasteiger charge is 2.25. The lowest BCUT2D eigenvalue weighted by Crippen LogP contribution is -2.41. The van der Waals surface area contributed by atoms with Crippen molar-refractivity contribution in [3.63, 3.8) is 0 Å².